The molecule has 0 saturated carbocycles. The van der Waals surface area contributed by atoms with Gasteiger partial charge in [0, 0.05) is 13.2 Å². The van der Waals surface area contributed by atoms with E-state index in [0.717, 1.165) is 0 Å². The van der Waals surface area contributed by atoms with Crippen molar-refractivity contribution in [3.05, 3.63) is 35.5 Å². The number of ether oxygens (including phenoxy) is 2. The Hall–Kier alpha value is -3.01. The molecule has 7 nitrogen and oxygen atoms in total. The molecule has 0 aliphatic carbocycles. The van der Waals surface area contributed by atoms with Crippen molar-refractivity contribution in [1.29, 1.82) is 5.26 Å². The van der Waals surface area contributed by atoms with Crippen LogP contribution in [0.2, 0.25) is 0 Å². The van der Waals surface area contributed by atoms with Gasteiger partial charge >= 0.3 is 0 Å². The van der Waals surface area contributed by atoms with Gasteiger partial charge in [0.25, 0.3) is 5.91 Å². The van der Waals surface area contributed by atoms with Gasteiger partial charge in [-0.15, -0.1) is 0 Å². The van der Waals surface area contributed by atoms with E-state index in [2.05, 4.69) is 10.4 Å². The number of aryl methyl sites for hydroxylation is 1. The third-order valence-electron chi connectivity index (χ3n) is 2.99. The van der Waals surface area contributed by atoms with Crippen LogP contribution in [0.5, 0.6) is 11.5 Å². The molecular formula is C14H12N4O3. The fourth-order valence-electron chi connectivity index (χ4n) is 2.09. The summed E-state index contributed by atoms with van der Waals surface area (Å²) in [5.41, 5.74) is 0.648. The largest absolute Gasteiger partial charge is 0.486 e. The minimum atomic E-state index is -0.396. The number of rotatable bonds is 2. The molecular weight excluding hydrogens is 272 g/mol. The summed E-state index contributed by atoms with van der Waals surface area (Å²) in [4.78, 5) is 12.4. The summed E-state index contributed by atoms with van der Waals surface area (Å²) in [5.74, 6) is 0.776. The maximum absolute atomic E-state index is 12.4. The number of benzene rings is 1. The zero-order chi connectivity index (χ0) is 14.8. The number of hydrogen-bond acceptors (Lipinski definition) is 5. The molecule has 1 amide bonds. The quantitative estimate of drug-likeness (QED) is 0.898. The van der Waals surface area contributed by atoms with Crippen molar-refractivity contribution >= 4 is 11.7 Å². The number of carbonyl (C=O) groups is 1. The van der Waals surface area contributed by atoms with Crippen LogP contribution in [0.15, 0.2) is 24.4 Å². The van der Waals surface area contributed by atoms with Gasteiger partial charge in [-0.1, -0.05) is 6.07 Å². The molecule has 106 valence electrons. The van der Waals surface area contributed by atoms with E-state index in [4.69, 9.17) is 14.7 Å². The highest BCUT2D eigenvalue weighted by molar-refractivity contribution is 6.06. The smallest absolute Gasteiger partial charge is 0.260 e. The Balaban J connectivity index is 1.91. The lowest BCUT2D eigenvalue weighted by molar-refractivity contribution is 0.101. The lowest BCUT2D eigenvalue weighted by atomic mass is 10.1. The van der Waals surface area contributed by atoms with Crippen LogP contribution in [-0.4, -0.2) is 28.9 Å². The van der Waals surface area contributed by atoms with E-state index in [9.17, 15) is 4.79 Å². The lowest BCUT2D eigenvalue weighted by Crippen LogP contribution is -2.20. The monoisotopic (exact) mass is 284 g/mol. The fourth-order valence-corrected chi connectivity index (χ4v) is 2.09. The standard InChI is InChI=1S/C14H12N4O3/c1-18-8-9(7-15)13(17-18)16-14(19)10-3-2-4-11-12(10)21-6-5-20-11/h2-4,8H,5-6H2,1H3,(H,16,17,19). The number of nitriles is 1. The average Bonchev–Trinajstić information content (AvgIpc) is 2.86. The Kier molecular flexibility index (Phi) is 3.20. The zero-order valence-electron chi connectivity index (χ0n) is 11.3. The van der Waals surface area contributed by atoms with Gasteiger partial charge in [0.1, 0.15) is 24.8 Å². The maximum Gasteiger partial charge on any atom is 0.260 e. The Bertz CT molecular complexity index is 745. The minimum Gasteiger partial charge on any atom is -0.486 e. The topological polar surface area (TPSA) is 89.2 Å². The number of amides is 1. The first-order valence-corrected chi connectivity index (χ1v) is 6.33. The van der Waals surface area contributed by atoms with Gasteiger partial charge in [0.2, 0.25) is 0 Å². The fraction of sp³-hybridized carbons (Fsp3) is 0.214. The summed E-state index contributed by atoms with van der Waals surface area (Å²) in [6.45, 7) is 0.848. The molecule has 0 saturated heterocycles. The molecule has 0 fully saturated rings. The number of fused-ring (bicyclic) bond motifs is 1. The van der Waals surface area contributed by atoms with Crippen LogP contribution in [0.4, 0.5) is 5.82 Å². The third-order valence-corrected chi connectivity index (χ3v) is 2.99. The first-order chi connectivity index (χ1) is 10.2. The van der Waals surface area contributed by atoms with E-state index < -0.39 is 5.91 Å². The van der Waals surface area contributed by atoms with Crippen molar-refractivity contribution in [2.45, 2.75) is 0 Å². The average molecular weight is 284 g/mol. The van der Waals surface area contributed by atoms with Crippen molar-refractivity contribution in [2.75, 3.05) is 18.5 Å². The Labute approximate surface area is 120 Å². The van der Waals surface area contributed by atoms with Crippen LogP contribution in [-0.2, 0) is 7.05 Å². The second-order valence-corrected chi connectivity index (χ2v) is 4.46. The van der Waals surface area contributed by atoms with Gasteiger partial charge in [-0.3, -0.25) is 9.48 Å². The van der Waals surface area contributed by atoms with Gasteiger partial charge in [-0.2, -0.15) is 10.4 Å². The minimum absolute atomic E-state index is 0.222. The normalized spacial score (nSPS) is 12.6. The highest BCUT2D eigenvalue weighted by atomic mass is 16.6. The number of aromatic nitrogens is 2. The second-order valence-electron chi connectivity index (χ2n) is 4.46. The molecule has 0 unspecified atom stereocenters. The molecule has 0 bridgehead atoms. The van der Waals surface area contributed by atoms with Crippen LogP contribution in [0.25, 0.3) is 0 Å². The Morgan fingerprint density at radius 1 is 1.43 bits per heavy atom. The van der Waals surface area contributed by atoms with Gasteiger partial charge < -0.3 is 14.8 Å². The highest BCUT2D eigenvalue weighted by Gasteiger charge is 2.21. The molecule has 2 heterocycles. The maximum atomic E-state index is 12.4. The van der Waals surface area contributed by atoms with E-state index in [1.165, 1.54) is 10.9 Å². The summed E-state index contributed by atoms with van der Waals surface area (Å²) in [5, 5.41) is 15.7. The molecule has 21 heavy (non-hydrogen) atoms. The molecule has 0 radical (unpaired) electrons. The van der Waals surface area contributed by atoms with E-state index in [0.29, 0.717) is 35.8 Å². The number of para-hydroxylation sites is 1. The van der Waals surface area contributed by atoms with Crippen LogP contribution < -0.4 is 14.8 Å². The number of nitrogens with one attached hydrogen (secondary N) is 1. The van der Waals surface area contributed by atoms with E-state index >= 15 is 0 Å². The Morgan fingerprint density at radius 3 is 3.05 bits per heavy atom. The summed E-state index contributed by atoms with van der Waals surface area (Å²) < 4.78 is 12.4. The number of carbonyl (C=O) groups excluding carboxylic acids is 1. The number of nitrogens with zero attached hydrogens (tertiary/aromatic N) is 3. The molecule has 1 aliphatic rings. The van der Waals surface area contributed by atoms with Crippen LogP contribution in [0, 0.1) is 11.3 Å². The molecule has 1 aliphatic heterocycles. The summed E-state index contributed by atoms with van der Waals surface area (Å²) in [6, 6.07) is 7.08. The van der Waals surface area contributed by atoms with Crippen LogP contribution in [0.3, 0.4) is 0 Å². The predicted octanol–water partition coefficient (Wildman–Crippen LogP) is 1.32. The molecule has 1 aromatic heterocycles. The lowest BCUT2D eigenvalue weighted by Gasteiger charge is -2.20. The Morgan fingerprint density at radius 2 is 2.24 bits per heavy atom. The summed E-state index contributed by atoms with van der Waals surface area (Å²) in [7, 11) is 1.68. The number of anilines is 1. The van der Waals surface area contributed by atoms with Gasteiger partial charge in [-0.05, 0) is 12.1 Å². The molecule has 0 atom stereocenters. The van der Waals surface area contributed by atoms with Gasteiger partial charge in [0.15, 0.2) is 17.3 Å². The molecule has 1 aromatic carbocycles. The van der Waals surface area contributed by atoms with Crippen molar-refractivity contribution in [1.82, 2.24) is 9.78 Å². The first kappa shape index (κ1) is 13.0. The molecule has 2 aromatic rings. The van der Waals surface area contributed by atoms with E-state index in [1.54, 1.807) is 25.2 Å². The van der Waals surface area contributed by atoms with Crippen molar-refractivity contribution in [2.24, 2.45) is 7.05 Å². The van der Waals surface area contributed by atoms with Crippen molar-refractivity contribution in [3.8, 4) is 17.6 Å². The molecule has 3 rings (SSSR count). The van der Waals surface area contributed by atoms with Crippen molar-refractivity contribution in [3.63, 3.8) is 0 Å². The second kappa shape index (κ2) is 5.17. The van der Waals surface area contributed by atoms with E-state index in [1.807, 2.05) is 6.07 Å². The van der Waals surface area contributed by atoms with Crippen LogP contribution in [0.1, 0.15) is 15.9 Å². The van der Waals surface area contributed by atoms with Crippen LogP contribution >= 0.6 is 0 Å². The summed E-state index contributed by atoms with van der Waals surface area (Å²) >= 11 is 0. The highest BCUT2D eigenvalue weighted by Crippen LogP contribution is 2.33. The summed E-state index contributed by atoms with van der Waals surface area (Å²) in [6.07, 6.45) is 1.54. The SMILES string of the molecule is Cn1cc(C#N)c(NC(=O)c2cccc3c2OCCO3)n1. The number of hydrogen-bond donors (Lipinski definition) is 1. The molecule has 0 spiro atoms. The van der Waals surface area contributed by atoms with Gasteiger partial charge in [-0.25, -0.2) is 0 Å². The molecule has 7 heteroatoms. The van der Waals surface area contributed by atoms with E-state index in [-0.39, 0.29) is 5.82 Å². The molecule has 1 N–H and O–H groups in total. The van der Waals surface area contributed by atoms with Gasteiger partial charge in [0.05, 0.1) is 5.56 Å². The predicted molar refractivity (Wildman–Crippen MR) is 73.3 cm³/mol. The third kappa shape index (κ3) is 2.39. The van der Waals surface area contributed by atoms with Crippen molar-refractivity contribution < 1.29 is 14.3 Å². The first-order valence-electron chi connectivity index (χ1n) is 6.33. The zero-order valence-corrected chi connectivity index (χ0v) is 11.3.